The Hall–Kier alpha value is -3.03. The van der Waals surface area contributed by atoms with Crippen LogP contribution in [0, 0.1) is 6.92 Å². The maximum Gasteiger partial charge on any atom is 0.344 e. The molecule has 128 valence electrons. The molecule has 2 rings (SSSR count). The standard InChI is InChI=1S/C16H20N4O4/c1-4-23-14(21)10-24-15-12(6-5-7-13(15)22-3)8-18-20-9-11(2)19-16(20)17/h5-9H,4,10H2,1-3H3,(H2,17,19). The van der Waals surface area contributed by atoms with E-state index in [4.69, 9.17) is 19.9 Å². The number of imidazole rings is 1. The summed E-state index contributed by atoms with van der Waals surface area (Å²) in [7, 11) is 1.52. The molecule has 1 aromatic carbocycles. The predicted molar refractivity (Wildman–Crippen MR) is 89.5 cm³/mol. The first-order chi connectivity index (χ1) is 11.5. The van der Waals surface area contributed by atoms with E-state index in [1.807, 2.05) is 6.92 Å². The van der Waals surface area contributed by atoms with Gasteiger partial charge in [-0.15, -0.1) is 0 Å². The molecule has 24 heavy (non-hydrogen) atoms. The first-order valence-corrected chi connectivity index (χ1v) is 7.36. The van der Waals surface area contributed by atoms with Crippen LogP contribution in [0.1, 0.15) is 18.2 Å². The number of ether oxygens (including phenoxy) is 3. The zero-order valence-corrected chi connectivity index (χ0v) is 13.9. The molecular weight excluding hydrogens is 312 g/mol. The monoisotopic (exact) mass is 332 g/mol. The fourth-order valence-corrected chi connectivity index (χ4v) is 2.00. The van der Waals surface area contributed by atoms with Gasteiger partial charge in [0.05, 0.1) is 31.8 Å². The average Bonchev–Trinajstić information content (AvgIpc) is 2.88. The minimum atomic E-state index is -0.458. The van der Waals surface area contributed by atoms with Crippen molar-refractivity contribution in [1.82, 2.24) is 9.66 Å². The second kappa shape index (κ2) is 8.00. The number of methoxy groups -OCH3 is 1. The second-order valence-electron chi connectivity index (χ2n) is 4.80. The van der Waals surface area contributed by atoms with Crippen molar-refractivity contribution in [2.45, 2.75) is 13.8 Å². The van der Waals surface area contributed by atoms with Gasteiger partial charge in [-0.05, 0) is 26.0 Å². The van der Waals surface area contributed by atoms with Crippen molar-refractivity contribution in [2.24, 2.45) is 5.10 Å². The third-order valence-electron chi connectivity index (χ3n) is 3.02. The van der Waals surface area contributed by atoms with E-state index in [1.165, 1.54) is 11.8 Å². The van der Waals surface area contributed by atoms with Gasteiger partial charge in [-0.3, -0.25) is 0 Å². The largest absolute Gasteiger partial charge is 0.493 e. The quantitative estimate of drug-likeness (QED) is 0.610. The van der Waals surface area contributed by atoms with Crippen LogP contribution in [0.5, 0.6) is 11.5 Å². The molecule has 2 aromatic rings. The lowest BCUT2D eigenvalue weighted by Crippen LogP contribution is -2.15. The van der Waals surface area contributed by atoms with Gasteiger partial charge in [0.1, 0.15) is 0 Å². The number of anilines is 1. The Morgan fingerprint density at radius 2 is 2.25 bits per heavy atom. The number of hydrogen-bond donors (Lipinski definition) is 1. The van der Waals surface area contributed by atoms with E-state index in [2.05, 4.69) is 10.1 Å². The minimum absolute atomic E-state index is 0.221. The molecule has 0 atom stereocenters. The fourth-order valence-electron chi connectivity index (χ4n) is 2.00. The van der Waals surface area contributed by atoms with Gasteiger partial charge in [-0.1, -0.05) is 6.07 Å². The molecule has 1 heterocycles. The van der Waals surface area contributed by atoms with Crippen LogP contribution in [0.15, 0.2) is 29.5 Å². The van der Waals surface area contributed by atoms with Gasteiger partial charge >= 0.3 is 5.97 Å². The Bertz CT molecular complexity index is 740. The summed E-state index contributed by atoms with van der Waals surface area (Å²) in [5, 5.41) is 4.25. The van der Waals surface area contributed by atoms with Crippen LogP contribution in [-0.4, -0.2) is 42.2 Å². The highest BCUT2D eigenvalue weighted by molar-refractivity contribution is 5.85. The number of para-hydroxylation sites is 1. The summed E-state index contributed by atoms with van der Waals surface area (Å²) in [6.45, 7) is 3.63. The number of aromatic nitrogens is 2. The van der Waals surface area contributed by atoms with Crippen LogP contribution in [0.3, 0.4) is 0 Å². The Morgan fingerprint density at radius 3 is 2.88 bits per heavy atom. The van der Waals surface area contributed by atoms with Gasteiger partial charge in [0.25, 0.3) is 0 Å². The van der Waals surface area contributed by atoms with E-state index in [-0.39, 0.29) is 12.6 Å². The molecule has 0 bridgehead atoms. The van der Waals surface area contributed by atoms with E-state index in [9.17, 15) is 4.79 Å². The van der Waals surface area contributed by atoms with Crippen molar-refractivity contribution in [3.8, 4) is 11.5 Å². The molecule has 0 aliphatic heterocycles. The Kier molecular flexibility index (Phi) is 5.78. The van der Waals surface area contributed by atoms with Crippen LogP contribution in [-0.2, 0) is 9.53 Å². The van der Waals surface area contributed by atoms with E-state index < -0.39 is 5.97 Å². The molecule has 2 N–H and O–H groups in total. The Balaban J connectivity index is 2.25. The molecule has 0 unspecified atom stereocenters. The van der Waals surface area contributed by atoms with Gasteiger partial charge < -0.3 is 19.9 Å². The van der Waals surface area contributed by atoms with Gasteiger partial charge in [0, 0.05) is 5.56 Å². The molecule has 8 heteroatoms. The van der Waals surface area contributed by atoms with Crippen LogP contribution in [0.25, 0.3) is 0 Å². The van der Waals surface area contributed by atoms with Crippen molar-refractivity contribution in [3.05, 3.63) is 35.7 Å². The Morgan fingerprint density at radius 1 is 1.46 bits per heavy atom. The molecule has 0 spiro atoms. The molecular formula is C16H20N4O4. The summed E-state index contributed by atoms with van der Waals surface area (Å²) in [6.07, 6.45) is 3.26. The van der Waals surface area contributed by atoms with E-state index in [1.54, 1.807) is 37.5 Å². The first kappa shape index (κ1) is 17.3. The van der Waals surface area contributed by atoms with E-state index in [0.29, 0.717) is 23.7 Å². The summed E-state index contributed by atoms with van der Waals surface area (Å²) in [5.74, 6) is 0.701. The molecule has 0 aliphatic rings. The number of benzene rings is 1. The zero-order chi connectivity index (χ0) is 17.5. The molecule has 0 saturated heterocycles. The SMILES string of the molecule is CCOC(=O)COc1c(C=Nn2cc(C)nc2N)cccc1OC. The molecule has 0 radical (unpaired) electrons. The maximum atomic E-state index is 11.5. The predicted octanol–water partition coefficient (Wildman–Crippen LogP) is 1.61. The van der Waals surface area contributed by atoms with Gasteiger partial charge in [-0.25, -0.2) is 14.5 Å². The third-order valence-corrected chi connectivity index (χ3v) is 3.02. The number of hydrogen-bond acceptors (Lipinski definition) is 7. The normalized spacial score (nSPS) is 10.8. The molecule has 8 nitrogen and oxygen atoms in total. The minimum Gasteiger partial charge on any atom is -0.493 e. The lowest BCUT2D eigenvalue weighted by Gasteiger charge is -2.12. The molecule has 0 fully saturated rings. The topological polar surface area (TPSA) is 101 Å². The number of rotatable bonds is 7. The summed E-state index contributed by atoms with van der Waals surface area (Å²) in [4.78, 5) is 15.6. The van der Waals surface area contributed by atoms with Crippen molar-refractivity contribution in [2.75, 3.05) is 26.1 Å². The molecule has 0 aliphatic carbocycles. The highest BCUT2D eigenvalue weighted by Crippen LogP contribution is 2.30. The van der Waals surface area contributed by atoms with Crippen molar-refractivity contribution < 1.29 is 19.0 Å². The summed E-state index contributed by atoms with van der Waals surface area (Å²) in [5.41, 5.74) is 7.14. The van der Waals surface area contributed by atoms with Gasteiger partial charge in [0.2, 0.25) is 5.95 Å². The van der Waals surface area contributed by atoms with Crippen molar-refractivity contribution >= 4 is 18.1 Å². The summed E-state index contributed by atoms with van der Waals surface area (Å²) < 4.78 is 17.1. The van der Waals surface area contributed by atoms with Crippen LogP contribution in [0.4, 0.5) is 5.95 Å². The van der Waals surface area contributed by atoms with Crippen LogP contribution >= 0.6 is 0 Å². The average molecular weight is 332 g/mol. The summed E-state index contributed by atoms with van der Waals surface area (Å²) in [6, 6.07) is 5.31. The molecule has 0 amide bonds. The number of aryl methyl sites for hydroxylation is 1. The van der Waals surface area contributed by atoms with E-state index >= 15 is 0 Å². The van der Waals surface area contributed by atoms with Gasteiger partial charge in [0.15, 0.2) is 18.1 Å². The van der Waals surface area contributed by atoms with Crippen molar-refractivity contribution in [3.63, 3.8) is 0 Å². The van der Waals surface area contributed by atoms with Gasteiger partial charge in [-0.2, -0.15) is 5.10 Å². The van der Waals surface area contributed by atoms with Crippen LogP contribution < -0.4 is 15.2 Å². The smallest absolute Gasteiger partial charge is 0.344 e. The highest BCUT2D eigenvalue weighted by atomic mass is 16.6. The van der Waals surface area contributed by atoms with Crippen LogP contribution in [0.2, 0.25) is 0 Å². The molecule has 1 aromatic heterocycles. The number of esters is 1. The second-order valence-corrected chi connectivity index (χ2v) is 4.80. The van der Waals surface area contributed by atoms with E-state index in [0.717, 1.165) is 5.69 Å². The lowest BCUT2D eigenvalue weighted by atomic mass is 10.2. The number of nitrogens with zero attached hydrogens (tertiary/aromatic N) is 3. The number of carbonyl (C=O) groups is 1. The lowest BCUT2D eigenvalue weighted by molar-refractivity contribution is -0.145. The first-order valence-electron chi connectivity index (χ1n) is 7.36. The summed E-state index contributed by atoms with van der Waals surface area (Å²) >= 11 is 0. The number of nitrogen functional groups attached to an aromatic ring is 1. The maximum absolute atomic E-state index is 11.5. The third kappa shape index (κ3) is 4.25. The fraction of sp³-hybridized carbons (Fsp3) is 0.312. The Labute approximate surface area is 139 Å². The highest BCUT2D eigenvalue weighted by Gasteiger charge is 2.12. The van der Waals surface area contributed by atoms with Crippen molar-refractivity contribution in [1.29, 1.82) is 0 Å². The number of carbonyl (C=O) groups excluding carboxylic acids is 1. The number of nitrogens with two attached hydrogens (primary N) is 1. The zero-order valence-electron chi connectivity index (χ0n) is 13.9. The molecule has 0 saturated carbocycles.